The fourth-order valence-electron chi connectivity index (χ4n) is 2.90. The van der Waals surface area contributed by atoms with Gasteiger partial charge in [0.05, 0.1) is 22.1 Å². The molecule has 5 nitrogen and oxygen atoms in total. The molecule has 2 rings (SSSR count). The average molecular weight is 458 g/mol. The third-order valence-corrected chi connectivity index (χ3v) is 6.99. The minimum absolute atomic E-state index is 0.0579. The molecule has 2 aromatic carbocycles. The molecule has 0 spiro atoms. The predicted octanol–water partition coefficient (Wildman–Crippen LogP) is 5.87. The van der Waals surface area contributed by atoms with Crippen LogP contribution in [0.2, 0.25) is 10.0 Å². The van der Waals surface area contributed by atoms with E-state index in [1.54, 1.807) is 12.1 Å². The Morgan fingerprint density at radius 1 is 1.10 bits per heavy atom. The highest BCUT2D eigenvalue weighted by Gasteiger charge is 2.28. The van der Waals surface area contributed by atoms with E-state index in [-0.39, 0.29) is 31.2 Å². The number of nitrogens with one attached hydrogen (secondary N) is 1. The van der Waals surface area contributed by atoms with Crippen LogP contribution in [0.5, 0.6) is 5.75 Å². The van der Waals surface area contributed by atoms with E-state index in [1.165, 1.54) is 25.3 Å². The van der Waals surface area contributed by atoms with Crippen molar-refractivity contribution in [1.29, 1.82) is 0 Å². The molecule has 0 fully saturated rings. The zero-order chi connectivity index (χ0) is 22.0. The van der Waals surface area contributed by atoms with Gasteiger partial charge in [-0.25, -0.2) is 8.42 Å². The summed E-state index contributed by atoms with van der Waals surface area (Å²) in [6.45, 7) is 7.79. The summed E-state index contributed by atoms with van der Waals surface area (Å²) in [4.78, 5) is 11.7. The van der Waals surface area contributed by atoms with Gasteiger partial charge in [-0.1, -0.05) is 50.9 Å². The highest BCUT2D eigenvalue weighted by Crippen LogP contribution is 2.39. The Kier molecular flexibility index (Phi) is 7.25. The molecule has 0 aliphatic rings. The summed E-state index contributed by atoms with van der Waals surface area (Å²) in [5.41, 5.74) is 0.761. The van der Waals surface area contributed by atoms with Gasteiger partial charge in [-0.15, -0.1) is 0 Å². The van der Waals surface area contributed by atoms with Gasteiger partial charge in [0.15, 0.2) is 0 Å². The number of anilines is 1. The van der Waals surface area contributed by atoms with Crippen LogP contribution in [0.15, 0.2) is 40.1 Å². The van der Waals surface area contributed by atoms with Crippen molar-refractivity contribution in [2.75, 3.05) is 12.4 Å². The second-order valence-corrected chi connectivity index (χ2v) is 10.4. The van der Waals surface area contributed by atoms with Crippen molar-refractivity contribution in [3.05, 3.63) is 45.9 Å². The lowest BCUT2D eigenvalue weighted by molar-refractivity contribution is -0.116. The summed E-state index contributed by atoms with van der Waals surface area (Å²) >= 11 is 12.6. The Hall–Kier alpha value is -1.76. The van der Waals surface area contributed by atoms with E-state index < -0.39 is 9.84 Å². The molecule has 0 aromatic heterocycles. The number of hydrogen-bond donors (Lipinski definition) is 1. The van der Waals surface area contributed by atoms with E-state index in [0.717, 1.165) is 5.56 Å². The van der Waals surface area contributed by atoms with E-state index in [9.17, 15) is 13.2 Å². The number of ether oxygens (including phenoxy) is 1. The van der Waals surface area contributed by atoms with Gasteiger partial charge in [0.2, 0.25) is 15.7 Å². The highest BCUT2D eigenvalue weighted by molar-refractivity contribution is 7.91. The van der Waals surface area contributed by atoms with Gasteiger partial charge >= 0.3 is 0 Å². The Morgan fingerprint density at radius 2 is 1.69 bits per heavy atom. The fraction of sp³-hybridized carbons (Fsp3) is 0.381. The number of carbonyl (C=O) groups excluding carboxylic acids is 1. The number of carbonyl (C=O) groups is 1. The molecule has 8 heteroatoms. The van der Waals surface area contributed by atoms with E-state index in [1.807, 2.05) is 27.7 Å². The summed E-state index contributed by atoms with van der Waals surface area (Å²) < 4.78 is 32.0. The van der Waals surface area contributed by atoms with Crippen molar-refractivity contribution >= 4 is 44.6 Å². The number of benzene rings is 2. The second kappa shape index (κ2) is 8.94. The molecule has 0 aliphatic heterocycles. The molecule has 0 heterocycles. The summed E-state index contributed by atoms with van der Waals surface area (Å²) in [5, 5.41) is 2.55. The van der Waals surface area contributed by atoms with E-state index >= 15 is 0 Å². The lowest BCUT2D eigenvalue weighted by atomic mass is 9.86. The first kappa shape index (κ1) is 23.5. The van der Waals surface area contributed by atoms with E-state index in [0.29, 0.717) is 24.3 Å². The van der Waals surface area contributed by atoms with E-state index in [2.05, 4.69) is 5.32 Å². The van der Waals surface area contributed by atoms with Crippen molar-refractivity contribution in [3.8, 4) is 5.75 Å². The van der Waals surface area contributed by atoms with Crippen LogP contribution in [0, 0.1) is 0 Å². The molecule has 0 aliphatic carbocycles. The Bertz CT molecular complexity index is 1000. The topological polar surface area (TPSA) is 72.5 Å². The molecular weight excluding hydrogens is 433 g/mol. The third-order valence-electron chi connectivity index (χ3n) is 4.32. The fourth-order valence-corrected chi connectivity index (χ4v) is 5.38. The lowest BCUT2D eigenvalue weighted by Gasteiger charge is -2.23. The van der Waals surface area contributed by atoms with Crippen molar-refractivity contribution in [2.24, 2.45) is 0 Å². The lowest BCUT2D eigenvalue weighted by Crippen LogP contribution is -2.15. The molecule has 0 radical (unpaired) electrons. The smallest absolute Gasteiger partial charge is 0.224 e. The first-order chi connectivity index (χ1) is 13.4. The van der Waals surface area contributed by atoms with E-state index in [4.69, 9.17) is 27.9 Å². The minimum atomic E-state index is -4.00. The van der Waals surface area contributed by atoms with Gasteiger partial charge in [-0.2, -0.15) is 0 Å². The molecule has 0 bridgehead atoms. The molecule has 29 heavy (non-hydrogen) atoms. The molecule has 0 atom stereocenters. The third kappa shape index (κ3) is 5.24. The summed E-state index contributed by atoms with van der Waals surface area (Å²) in [7, 11) is -2.46. The molecule has 1 amide bonds. The van der Waals surface area contributed by atoms with Crippen molar-refractivity contribution in [3.63, 3.8) is 0 Å². The van der Waals surface area contributed by atoms with Crippen LogP contribution < -0.4 is 10.1 Å². The maximum absolute atomic E-state index is 13.3. The van der Waals surface area contributed by atoms with Gasteiger partial charge < -0.3 is 10.1 Å². The van der Waals surface area contributed by atoms with Crippen LogP contribution in [-0.2, 0) is 20.0 Å². The number of sulfone groups is 1. The Balaban J connectivity index is 2.55. The van der Waals surface area contributed by atoms with Crippen molar-refractivity contribution < 1.29 is 17.9 Å². The molecular formula is C21H25Cl2NO4S. The Morgan fingerprint density at radius 3 is 2.17 bits per heavy atom. The first-order valence-corrected chi connectivity index (χ1v) is 11.4. The van der Waals surface area contributed by atoms with Crippen molar-refractivity contribution in [2.45, 2.75) is 55.7 Å². The number of amides is 1. The second-order valence-electron chi connectivity index (χ2n) is 7.68. The Labute approximate surface area is 182 Å². The normalized spacial score (nSPS) is 12.0. The average Bonchev–Trinajstić information content (AvgIpc) is 2.59. The summed E-state index contributed by atoms with van der Waals surface area (Å²) in [5.74, 6) is 0.405. The van der Waals surface area contributed by atoms with Crippen LogP contribution in [0.3, 0.4) is 0 Å². The molecule has 1 N–H and O–H groups in total. The maximum Gasteiger partial charge on any atom is 0.224 e. The summed E-state index contributed by atoms with van der Waals surface area (Å²) in [6.07, 6.45) is 1.03. The van der Waals surface area contributed by atoms with Crippen LogP contribution in [0.25, 0.3) is 0 Å². The number of halogens is 2. The molecule has 158 valence electrons. The van der Waals surface area contributed by atoms with Crippen LogP contribution in [-0.4, -0.2) is 21.4 Å². The maximum atomic E-state index is 13.3. The first-order valence-electron chi connectivity index (χ1n) is 9.14. The highest BCUT2D eigenvalue weighted by atomic mass is 35.5. The number of methoxy groups -OCH3 is 1. The quantitative estimate of drug-likeness (QED) is 0.588. The molecule has 2 aromatic rings. The zero-order valence-electron chi connectivity index (χ0n) is 17.1. The monoisotopic (exact) mass is 457 g/mol. The molecule has 0 saturated heterocycles. The number of hydrogen-bond acceptors (Lipinski definition) is 4. The van der Waals surface area contributed by atoms with Gasteiger partial charge in [0.25, 0.3) is 0 Å². The van der Waals surface area contributed by atoms with Gasteiger partial charge in [0, 0.05) is 17.7 Å². The van der Waals surface area contributed by atoms with Crippen LogP contribution >= 0.6 is 23.2 Å². The van der Waals surface area contributed by atoms with Gasteiger partial charge in [-0.3, -0.25) is 4.79 Å². The zero-order valence-corrected chi connectivity index (χ0v) is 19.4. The van der Waals surface area contributed by atoms with Gasteiger partial charge in [0.1, 0.15) is 10.6 Å². The number of rotatable bonds is 6. The molecule has 0 unspecified atom stereocenters. The SMILES string of the molecule is CCCC(=O)Nc1cc(Cl)c(S(=O)(=O)c2ccc(OC)c(C(C)(C)C)c2)c(Cl)c1. The predicted molar refractivity (Wildman–Crippen MR) is 117 cm³/mol. The van der Waals surface area contributed by atoms with Crippen LogP contribution in [0.4, 0.5) is 5.69 Å². The minimum Gasteiger partial charge on any atom is -0.496 e. The summed E-state index contributed by atoms with van der Waals surface area (Å²) in [6, 6.07) is 7.45. The van der Waals surface area contributed by atoms with Crippen molar-refractivity contribution in [1.82, 2.24) is 0 Å². The molecule has 0 saturated carbocycles. The van der Waals surface area contributed by atoms with Gasteiger partial charge in [-0.05, 0) is 42.2 Å². The largest absolute Gasteiger partial charge is 0.496 e. The van der Waals surface area contributed by atoms with Crippen LogP contribution in [0.1, 0.15) is 46.1 Å². The standard InChI is InChI=1S/C21H25Cl2NO4S/c1-6-7-19(25)24-13-10-16(22)20(17(23)11-13)29(26,27)14-8-9-18(28-5)15(12-14)21(2,3)4/h8-12H,6-7H2,1-5H3,(H,24,25).